The van der Waals surface area contributed by atoms with Crippen LogP contribution in [-0.2, 0) is 33.3 Å². The average Bonchev–Trinajstić information content (AvgIpc) is 2.99. The zero-order valence-electron chi connectivity index (χ0n) is 16.1. The molecule has 1 aliphatic carbocycles. The first kappa shape index (κ1) is 19.6. The molecule has 2 aliphatic heterocycles. The predicted octanol–water partition coefficient (Wildman–Crippen LogP) is 2.55. The Labute approximate surface area is 154 Å². The van der Waals surface area contributed by atoms with Crippen LogP contribution in [0.4, 0.5) is 0 Å². The first-order chi connectivity index (χ1) is 12.3. The van der Waals surface area contributed by atoms with Gasteiger partial charge in [-0.1, -0.05) is 0 Å². The van der Waals surface area contributed by atoms with Gasteiger partial charge in [0.05, 0.1) is 18.6 Å². The maximum atomic E-state index is 11.7. The van der Waals surface area contributed by atoms with Crippen molar-refractivity contribution in [3.05, 3.63) is 0 Å². The fourth-order valence-corrected chi connectivity index (χ4v) is 4.51. The highest BCUT2D eigenvalue weighted by Crippen LogP contribution is 2.49. The lowest BCUT2D eigenvalue weighted by atomic mass is 9.73. The summed E-state index contributed by atoms with van der Waals surface area (Å²) in [4.78, 5) is 22.6. The van der Waals surface area contributed by atoms with E-state index in [9.17, 15) is 9.59 Å². The SMILES string of the molecule is CC(=O)OCCCC[C@H]1CC[C@H]2O[C@@H]3OC(C)(C)O[C@@H]3[C@@H]2[C@H]1OC(C)=O. The number of unbranched alkanes of at least 4 members (excludes halogenated alkanes) is 1. The molecule has 3 aliphatic rings. The van der Waals surface area contributed by atoms with Crippen molar-refractivity contribution in [3.8, 4) is 0 Å². The molecule has 148 valence electrons. The van der Waals surface area contributed by atoms with Crippen LogP contribution in [0.3, 0.4) is 0 Å². The summed E-state index contributed by atoms with van der Waals surface area (Å²) in [6, 6.07) is 0. The van der Waals surface area contributed by atoms with Crippen LogP contribution in [0.2, 0.25) is 0 Å². The minimum absolute atomic E-state index is 0.00195. The van der Waals surface area contributed by atoms with Gasteiger partial charge in [0.25, 0.3) is 0 Å². The molecule has 1 saturated carbocycles. The number of rotatable bonds is 6. The van der Waals surface area contributed by atoms with E-state index >= 15 is 0 Å². The summed E-state index contributed by atoms with van der Waals surface area (Å²) in [5.74, 6) is -0.955. The van der Waals surface area contributed by atoms with E-state index in [1.807, 2.05) is 13.8 Å². The Kier molecular flexibility index (Phi) is 5.89. The summed E-state index contributed by atoms with van der Waals surface area (Å²) in [6.07, 6.45) is 3.69. The molecule has 26 heavy (non-hydrogen) atoms. The summed E-state index contributed by atoms with van der Waals surface area (Å²) in [5.41, 5.74) is 0. The second kappa shape index (κ2) is 7.82. The standard InChI is InChI=1S/C19H30O7/c1-11(20)22-10-6-5-7-13-8-9-14-15(16(13)23-12(2)21)17-18(24-14)26-19(3,4)25-17/h13-18H,5-10H2,1-4H3/t13-,14+,15-,16-,17+,18+/m0/s1. The highest BCUT2D eigenvalue weighted by molar-refractivity contribution is 5.66. The van der Waals surface area contributed by atoms with Crippen molar-refractivity contribution in [2.24, 2.45) is 11.8 Å². The molecule has 0 radical (unpaired) electrons. The van der Waals surface area contributed by atoms with Crippen molar-refractivity contribution in [3.63, 3.8) is 0 Å². The van der Waals surface area contributed by atoms with E-state index in [1.54, 1.807) is 0 Å². The minimum atomic E-state index is -0.682. The zero-order valence-corrected chi connectivity index (χ0v) is 16.1. The van der Waals surface area contributed by atoms with Gasteiger partial charge in [0.1, 0.15) is 12.2 Å². The van der Waals surface area contributed by atoms with E-state index in [2.05, 4.69) is 0 Å². The van der Waals surface area contributed by atoms with Crippen LogP contribution >= 0.6 is 0 Å². The Bertz CT molecular complexity index is 532. The number of fused-ring (bicyclic) bond motifs is 3. The van der Waals surface area contributed by atoms with Crippen LogP contribution in [0.5, 0.6) is 0 Å². The van der Waals surface area contributed by atoms with E-state index in [0.29, 0.717) is 6.61 Å². The first-order valence-corrected chi connectivity index (χ1v) is 9.58. The van der Waals surface area contributed by atoms with Crippen molar-refractivity contribution in [1.82, 2.24) is 0 Å². The van der Waals surface area contributed by atoms with Crippen LogP contribution in [0, 0.1) is 11.8 Å². The Hall–Kier alpha value is -1.18. The molecule has 0 spiro atoms. The molecule has 0 bridgehead atoms. The molecule has 0 aromatic heterocycles. The smallest absolute Gasteiger partial charge is 0.302 e. The third kappa shape index (κ3) is 4.38. The third-order valence-corrected chi connectivity index (χ3v) is 5.45. The van der Waals surface area contributed by atoms with E-state index in [-0.39, 0.29) is 48.4 Å². The highest BCUT2D eigenvalue weighted by atomic mass is 16.8. The summed E-state index contributed by atoms with van der Waals surface area (Å²) in [5, 5.41) is 0. The zero-order chi connectivity index (χ0) is 18.9. The molecule has 2 saturated heterocycles. The van der Waals surface area contributed by atoms with Gasteiger partial charge < -0.3 is 23.7 Å². The van der Waals surface area contributed by atoms with Crippen LogP contribution in [0.15, 0.2) is 0 Å². The molecule has 0 unspecified atom stereocenters. The number of hydrogen-bond donors (Lipinski definition) is 0. The number of hydrogen-bond acceptors (Lipinski definition) is 7. The van der Waals surface area contributed by atoms with Gasteiger partial charge in [-0.25, -0.2) is 0 Å². The molecule has 3 fully saturated rings. The maximum absolute atomic E-state index is 11.7. The van der Waals surface area contributed by atoms with Crippen LogP contribution in [-0.4, -0.2) is 48.9 Å². The Balaban J connectivity index is 1.63. The van der Waals surface area contributed by atoms with Crippen molar-refractivity contribution in [2.45, 2.75) is 90.2 Å². The van der Waals surface area contributed by atoms with Gasteiger partial charge in [-0.15, -0.1) is 0 Å². The fraction of sp³-hybridized carbons (Fsp3) is 0.895. The quantitative estimate of drug-likeness (QED) is 0.525. The molecular formula is C19H30O7. The van der Waals surface area contributed by atoms with Gasteiger partial charge in [0.2, 0.25) is 0 Å². The second-order valence-electron chi connectivity index (χ2n) is 7.97. The average molecular weight is 370 g/mol. The maximum Gasteiger partial charge on any atom is 0.302 e. The van der Waals surface area contributed by atoms with Gasteiger partial charge in [-0.05, 0) is 51.9 Å². The van der Waals surface area contributed by atoms with E-state index < -0.39 is 5.79 Å². The molecule has 0 aromatic rings. The van der Waals surface area contributed by atoms with Crippen LogP contribution in [0.25, 0.3) is 0 Å². The van der Waals surface area contributed by atoms with Crippen LogP contribution < -0.4 is 0 Å². The van der Waals surface area contributed by atoms with E-state index in [4.69, 9.17) is 23.7 Å². The Morgan fingerprint density at radius 2 is 1.85 bits per heavy atom. The lowest BCUT2D eigenvalue weighted by Crippen LogP contribution is -2.47. The number of ether oxygens (including phenoxy) is 5. The van der Waals surface area contributed by atoms with Crippen molar-refractivity contribution < 1.29 is 33.3 Å². The Morgan fingerprint density at radius 3 is 2.54 bits per heavy atom. The van der Waals surface area contributed by atoms with E-state index in [1.165, 1.54) is 13.8 Å². The summed E-state index contributed by atoms with van der Waals surface area (Å²) in [7, 11) is 0. The lowest BCUT2D eigenvalue weighted by molar-refractivity contribution is -0.222. The van der Waals surface area contributed by atoms with Crippen molar-refractivity contribution in [2.75, 3.05) is 6.61 Å². The minimum Gasteiger partial charge on any atom is -0.466 e. The van der Waals surface area contributed by atoms with Gasteiger partial charge in [-0.3, -0.25) is 9.59 Å². The topological polar surface area (TPSA) is 80.3 Å². The van der Waals surface area contributed by atoms with Crippen LogP contribution in [0.1, 0.15) is 59.8 Å². The third-order valence-electron chi connectivity index (χ3n) is 5.45. The first-order valence-electron chi connectivity index (χ1n) is 9.58. The highest BCUT2D eigenvalue weighted by Gasteiger charge is 2.60. The predicted molar refractivity (Wildman–Crippen MR) is 91.0 cm³/mol. The fourth-order valence-electron chi connectivity index (χ4n) is 4.51. The largest absolute Gasteiger partial charge is 0.466 e. The van der Waals surface area contributed by atoms with E-state index in [0.717, 1.165) is 32.1 Å². The van der Waals surface area contributed by atoms with Gasteiger partial charge in [0, 0.05) is 13.8 Å². The van der Waals surface area contributed by atoms with Crippen molar-refractivity contribution >= 4 is 11.9 Å². The second-order valence-corrected chi connectivity index (χ2v) is 7.97. The molecular weight excluding hydrogens is 340 g/mol. The molecule has 3 rings (SSSR count). The number of esters is 2. The molecule has 0 amide bonds. The molecule has 0 N–H and O–H groups in total. The van der Waals surface area contributed by atoms with Crippen molar-refractivity contribution in [1.29, 1.82) is 0 Å². The number of carbonyl (C=O) groups is 2. The number of carbonyl (C=O) groups excluding carboxylic acids is 2. The normalized spacial score (nSPS) is 37.7. The summed E-state index contributed by atoms with van der Waals surface area (Å²) < 4.78 is 28.7. The molecule has 7 nitrogen and oxygen atoms in total. The van der Waals surface area contributed by atoms with Gasteiger partial charge in [0.15, 0.2) is 12.1 Å². The lowest BCUT2D eigenvalue weighted by Gasteiger charge is -2.40. The van der Waals surface area contributed by atoms with Gasteiger partial charge in [-0.2, -0.15) is 0 Å². The van der Waals surface area contributed by atoms with Gasteiger partial charge >= 0.3 is 11.9 Å². The molecule has 0 aromatic carbocycles. The molecule has 7 heteroatoms. The Morgan fingerprint density at radius 1 is 1.08 bits per heavy atom. The summed E-state index contributed by atoms with van der Waals surface area (Å²) in [6.45, 7) is 7.05. The molecule has 2 heterocycles. The molecule has 6 atom stereocenters. The monoisotopic (exact) mass is 370 g/mol. The summed E-state index contributed by atoms with van der Waals surface area (Å²) >= 11 is 0.